The molecule has 1 aliphatic rings. The van der Waals surface area contributed by atoms with Crippen LogP contribution in [0.2, 0.25) is 0 Å². The summed E-state index contributed by atoms with van der Waals surface area (Å²) in [4.78, 5) is 13.4. The van der Waals surface area contributed by atoms with Gasteiger partial charge in [-0.15, -0.1) is 11.3 Å². The minimum atomic E-state index is -0.740. The van der Waals surface area contributed by atoms with Gasteiger partial charge in [-0.1, -0.05) is 49.7 Å². The number of carbonyl (C=O) groups excluding carboxylic acids is 1. The smallest absolute Gasteiger partial charge is 0.348 e. The number of carbonyl (C=O) groups is 1. The summed E-state index contributed by atoms with van der Waals surface area (Å²) in [5.41, 5.74) is 2.32. The van der Waals surface area contributed by atoms with Crippen molar-refractivity contribution in [1.29, 1.82) is 0 Å². The SMILES string of the molecule is CCCCOC1c2cc(NCc3ccccc3)ccc2OC(C)(C)C1OC(=O)c1cccs1. The molecular weight excluding hydrogens is 434 g/mol. The lowest BCUT2D eigenvalue weighted by molar-refractivity contribution is -0.139. The molecule has 0 amide bonds. The van der Waals surface area contributed by atoms with Crippen LogP contribution in [0.25, 0.3) is 0 Å². The summed E-state index contributed by atoms with van der Waals surface area (Å²) >= 11 is 1.37. The summed E-state index contributed by atoms with van der Waals surface area (Å²) < 4.78 is 18.7. The van der Waals surface area contributed by atoms with E-state index in [9.17, 15) is 4.79 Å². The first-order chi connectivity index (χ1) is 16.0. The van der Waals surface area contributed by atoms with E-state index in [1.165, 1.54) is 16.9 Å². The molecular formula is C27H31NO4S. The van der Waals surface area contributed by atoms with E-state index in [0.717, 1.165) is 29.8 Å². The fourth-order valence-corrected chi connectivity index (χ4v) is 4.55. The van der Waals surface area contributed by atoms with Gasteiger partial charge in [0.1, 0.15) is 22.3 Å². The van der Waals surface area contributed by atoms with Crippen LogP contribution in [0.15, 0.2) is 66.0 Å². The molecule has 5 nitrogen and oxygen atoms in total. The van der Waals surface area contributed by atoms with Crippen molar-refractivity contribution in [2.24, 2.45) is 0 Å². The molecule has 1 aliphatic heterocycles. The van der Waals surface area contributed by atoms with Crippen molar-refractivity contribution in [3.8, 4) is 5.75 Å². The van der Waals surface area contributed by atoms with Crippen molar-refractivity contribution in [2.45, 2.75) is 58.0 Å². The molecule has 2 aromatic carbocycles. The number of ether oxygens (including phenoxy) is 3. The lowest BCUT2D eigenvalue weighted by Gasteiger charge is -2.43. The van der Waals surface area contributed by atoms with Gasteiger partial charge in [0.15, 0.2) is 6.10 Å². The van der Waals surface area contributed by atoms with E-state index in [1.54, 1.807) is 6.07 Å². The highest BCUT2D eigenvalue weighted by Crippen LogP contribution is 2.44. The largest absolute Gasteiger partial charge is 0.483 e. The Morgan fingerprint density at radius 1 is 1.12 bits per heavy atom. The standard InChI is InChI=1S/C27H31NO4S/c1-4-5-15-30-24-21-17-20(28-18-19-10-7-6-8-11-19)13-14-22(21)32-27(2,3)25(24)31-26(29)23-12-9-16-33-23/h6-14,16-17,24-25,28H,4-5,15,18H2,1-3H3. The third-order valence-corrected chi connectivity index (χ3v) is 6.59. The van der Waals surface area contributed by atoms with Crippen molar-refractivity contribution in [3.63, 3.8) is 0 Å². The van der Waals surface area contributed by atoms with Gasteiger partial charge in [-0.2, -0.15) is 0 Å². The first kappa shape index (κ1) is 23.3. The van der Waals surface area contributed by atoms with Gasteiger partial charge < -0.3 is 19.5 Å². The summed E-state index contributed by atoms with van der Waals surface area (Å²) in [6, 6.07) is 19.9. The number of rotatable bonds is 9. The molecule has 33 heavy (non-hydrogen) atoms. The number of anilines is 1. The Bertz CT molecular complexity index is 1050. The zero-order valence-electron chi connectivity index (χ0n) is 19.4. The Morgan fingerprint density at radius 3 is 2.67 bits per heavy atom. The molecule has 2 atom stereocenters. The van der Waals surface area contributed by atoms with Crippen LogP contribution in [0.4, 0.5) is 5.69 Å². The first-order valence-corrected chi connectivity index (χ1v) is 12.3. The van der Waals surface area contributed by atoms with Gasteiger partial charge in [0.25, 0.3) is 0 Å². The van der Waals surface area contributed by atoms with Crippen molar-refractivity contribution in [2.75, 3.05) is 11.9 Å². The van der Waals surface area contributed by atoms with Crippen LogP contribution in [-0.4, -0.2) is 24.3 Å². The predicted octanol–water partition coefficient (Wildman–Crippen LogP) is 6.61. The van der Waals surface area contributed by atoms with Crippen LogP contribution in [0.1, 0.15) is 60.5 Å². The molecule has 0 spiro atoms. The topological polar surface area (TPSA) is 56.8 Å². The van der Waals surface area contributed by atoms with Crippen LogP contribution in [-0.2, 0) is 16.0 Å². The highest BCUT2D eigenvalue weighted by molar-refractivity contribution is 7.11. The zero-order chi connectivity index (χ0) is 23.3. The number of benzene rings is 2. The van der Waals surface area contributed by atoms with Crippen molar-refractivity contribution >= 4 is 23.0 Å². The lowest BCUT2D eigenvalue weighted by Crippen LogP contribution is -2.51. The molecule has 0 fully saturated rings. The third kappa shape index (κ3) is 5.57. The molecule has 3 aromatic rings. The number of esters is 1. The van der Waals surface area contributed by atoms with Crippen molar-refractivity contribution in [3.05, 3.63) is 82.0 Å². The molecule has 2 heterocycles. The molecule has 0 aliphatic carbocycles. The highest BCUT2D eigenvalue weighted by atomic mass is 32.1. The summed E-state index contributed by atoms with van der Waals surface area (Å²) in [6.45, 7) is 7.32. The van der Waals surface area contributed by atoms with E-state index < -0.39 is 17.8 Å². The van der Waals surface area contributed by atoms with Gasteiger partial charge in [-0.3, -0.25) is 0 Å². The molecule has 6 heteroatoms. The van der Waals surface area contributed by atoms with Crippen LogP contribution < -0.4 is 10.1 Å². The monoisotopic (exact) mass is 465 g/mol. The van der Waals surface area contributed by atoms with Gasteiger partial charge in [-0.25, -0.2) is 4.79 Å². The number of nitrogens with one attached hydrogen (secondary N) is 1. The summed E-state index contributed by atoms with van der Waals surface area (Å²) in [7, 11) is 0. The second kappa shape index (κ2) is 10.4. The molecule has 0 radical (unpaired) electrons. The van der Waals surface area contributed by atoms with Gasteiger partial charge >= 0.3 is 5.97 Å². The Labute approximate surface area is 199 Å². The van der Waals surface area contributed by atoms with E-state index in [1.807, 2.05) is 55.6 Å². The second-order valence-corrected chi connectivity index (χ2v) is 9.69. The highest BCUT2D eigenvalue weighted by Gasteiger charge is 2.47. The molecule has 0 saturated carbocycles. The molecule has 1 aromatic heterocycles. The fourth-order valence-electron chi connectivity index (χ4n) is 3.95. The molecule has 4 rings (SSSR count). The summed E-state index contributed by atoms with van der Waals surface area (Å²) in [5.74, 6) is 0.410. The van der Waals surface area contributed by atoms with Gasteiger partial charge in [0, 0.05) is 24.4 Å². The third-order valence-electron chi connectivity index (χ3n) is 5.74. The van der Waals surface area contributed by atoms with E-state index in [2.05, 4.69) is 30.4 Å². The number of unbranched alkanes of at least 4 members (excludes halogenated alkanes) is 1. The number of hydrogen-bond acceptors (Lipinski definition) is 6. The maximum Gasteiger partial charge on any atom is 0.348 e. The van der Waals surface area contributed by atoms with Crippen molar-refractivity contribution < 1.29 is 19.0 Å². The quantitative estimate of drug-likeness (QED) is 0.284. The second-order valence-electron chi connectivity index (χ2n) is 8.75. The Balaban J connectivity index is 1.61. The minimum absolute atomic E-state index is 0.349. The molecule has 0 saturated heterocycles. The van der Waals surface area contributed by atoms with Gasteiger partial charge in [-0.05, 0) is 55.5 Å². The summed E-state index contributed by atoms with van der Waals surface area (Å²) in [6.07, 6.45) is 0.959. The average molecular weight is 466 g/mol. The van der Waals surface area contributed by atoms with Gasteiger partial charge in [0.2, 0.25) is 0 Å². The predicted molar refractivity (Wildman–Crippen MR) is 132 cm³/mol. The molecule has 0 bridgehead atoms. The van der Waals surface area contributed by atoms with Crippen LogP contribution in [0, 0.1) is 0 Å². The maximum absolute atomic E-state index is 12.8. The number of hydrogen-bond donors (Lipinski definition) is 1. The van der Waals surface area contributed by atoms with Gasteiger partial charge in [0.05, 0.1) is 0 Å². The molecule has 174 valence electrons. The van der Waals surface area contributed by atoms with E-state index in [4.69, 9.17) is 14.2 Å². The van der Waals surface area contributed by atoms with Crippen molar-refractivity contribution in [1.82, 2.24) is 0 Å². The lowest BCUT2D eigenvalue weighted by atomic mass is 9.87. The van der Waals surface area contributed by atoms with E-state index >= 15 is 0 Å². The van der Waals surface area contributed by atoms with Crippen LogP contribution in [0.5, 0.6) is 5.75 Å². The minimum Gasteiger partial charge on any atom is -0.483 e. The Morgan fingerprint density at radius 2 is 1.94 bits per heavy atom. The molecule has 1 N–H and O–H groups in total. The van der Waals surface area contributed by atoms with E-state index in [-0.39, 0.29) is 5.97 Å². The average Bonchev–Trinajstić information content (AvgIpc) is 3.35. The van der Waals surface area contributed by atoms with Crippen LogP contribution >= 0.6 is 11.3 Å². The normalized spacial score (nSPS) is 18.8. The molecule has 2 unspecified atom stereocenters. The fraction of sp³-hybridized carbons (Fsp3) is 0.370. The number of thiophene rings is 1. The first-order valence-electron chi connectivity index (χ1n) is 11.4. The number of fused-ring (bicyclic) bond motifs is 1. The maximum atomic E-state index is 12.8. The zero-order valence-corrected chi connectivity index (χ0v) is 20.2. The summed E-state index contributed by atoms with van der Waals surface area (Å²) in [5, 5.41) is 5.35. The Kier molecular flexibility index (Phi) is 7.36. The van der Waals surface area contributed by atoms with E-state index in [0.29, 0.717) is 18.0 Å². The Hall–Kier alpha value is -2.83. The van der Waals surface area contributed by atoms with Crippen LogP contribution in [0.3, 0.4) is 0 Å².